The molecule has 0 saturated carbocycles. The third kappa shape index (κ3) is 5.92. The number of rotatable bonds is 6. The molecule has 0 aliphatic carbocycles. The van der Waals surface area contributed by atoms with Crippen LogP contribution in [0.1, 0.15) is 16.8 Å². The summed E-state index contributed by atoms with van der Waals surface area (Å²) in [6.07, 6.45) is 1.07. The molecule has 0 aromatic heterocycles. The SMILES string of the molecule is CN1CCC(N(C)c2ccc(NC(=O)N(S)c3ccc(NC(=O)c4ccccc4F)cc3)cc2Cl)C1. The number of amides is 3. The molecule has 0 bridgehead atoms. The molecule has 3 aromatic rings. The molecule has 0 spiro atoms. The molecule has 188 valence electrons. The smallest absolute Gasteiger partial charge is 0.336 e. The van der Waals surface area contributed by atoms with Gasteiger partial charge in [-0.25, -0.2) is 13.5 Å². The molecule has 1 saturated heterocycles. The lowest BCUT2D eigenvalue weighted by Crippen LogP contribution is -2.33. The van der Waals surface area contributed by atoms with Crippen LogP contribution in [0.4, 0.5) is 31.9 Å². The second-order valence-electron chi connectivity index (χ2n) is 8.70. The van der Waals surface area contributed by atoms with E-state index in [1.807, 2.05) is 13.1 Å². The Labute approximate surface area is 220 Å². The van der Waals surface area contributed by atoms with Crippen LogP contribution in [-0.2, 0) is 0 Å². The molecule has 3 amide bonds. The highest BCUT2D eigenvalue weighted by Crippen LogP contribution is 2.31. The van der Waals surface area contributed by atoms with Gasteiger partial charge in [0.25, 0.3) is 5.91 Å². The van der Waals surface area contributed by atoms with Gasteiger partial charge in [-0.05, 0) is 74.6 Å². The zero-order chi connectivity index (χ0) is 25.8. The highest BCUT2D eigenvalue weighted by atomic mass is 35.5. The maximum Gasteiger partial charge on any atom is 0.336 e. The van der Waals surface area contributed by atoms with E-state index in [1.54, 1.807) is 42.5 Å². The summed E-state index contributed by atoms with van der Waals surface area (Å²) in [5.41, 5.74) is 2.33. The molecule has 1 atom stereocenters. The fourth-order valence-electron chi connectivity index (χ4n) is 4.12. The lowest BCUT2D eigenvalue weighted by atomic mass is 10.2. The van der Waals surface area contributed by atoms with Crippen LogP contribution in [0.15, 0.2) is 66.7 Å². The third-order valence-electron chi connectivity index (χ3n) is 6.17. The first kappa shape index (κ1) is 25.8. The molecule has 0 radical (unpaired) electrons. The molecule has 1 heterocycles. The average Bonchev–Trinajstić information content (AvgIpc) is 3.30. The fourth-order valence-corrected chi connectivity index (χ4v) is 4.62. The van der Waals surface area contributed by atoms with E-state index in [0.717, 1.165) is 29.5 Å². The van der Waals surface area contributed by atoms with Crippen LogP contribution < -0.4 is 19.8 Å². The van der Waals surface area contributed by atoms with Crippen LogP contribution in [0.5, 0.6) is 0 Å². The Balaban J connectivity index is 1.37. The van der Waals surface area contributed by atoms with E-state index in [1.165, 1.54) is 18.2 Å². The predicted octanol–water partition coefficient (Wildman–Crippen LogP) is 5.76. The predicted molar refractivity (Wildman–Crippen MR) is 147 cm³/mol. The number of hydrogen-bond acceptors (Lipinski definition) is 5. The molecule has 1 aliphatic heterocycles. The maximum atomic E-state index is 13.8. The molecule has 10 heteroatoms. The summed E-state index contributed by atoms with van der Waals surface area (Å²) in [6, 6.07) is 17.5. The summed E-state index contributed by atoms with van der Waals surface area (Å²) in [6.45, 7) is 2.03. The van der Waals surface area contributed by atoms with E-state index in [0.29, 0.717) is 28.1 Å². The van der Waals surface area contributed by atoms with Crippen molar-refractivity contribution in [1.82, 2.24) is 4.90 Å². The average molecular weight is 528 g/mol. The summed E-state index contributed by atoms with van der Waals surface area (Å²) in [5.74, 6) is -1.16. The molecule has 1 unspecified atom stereocenters. The lowest BCUT2D eigenvalue weighted by Gasteiger charge is -2.27. The minimum absolute atomic E-state index is 0.0526. The number of likely N-dealkylation sites (tertiary alicyclic amines) is 1. The van der Waals surface area contributed by atoms with Crippen molar-refractivity contribution in [3.63, 3.8) is 0 Å². The van der Waals surface area contributed by atoms with Gasteiger partial charge in [-0.3, -0.25) is 4.79 Å². The zero-order valence-corrected chi connectivity index (χ0v) is 21.6. The zero-order valence-electron chi connectivity index (χ0n) is 19.9. The lowest BCUT2D eigenvalue weighted by molar-refractivity contribution is 0.102. The molecule has 7 nitrogen and oxygen atoms in total. The maximum absolute atomic E-state index is 13.8. The molecule has 3 aromatic carbocycles. The van der Waals surface area contributed by atoms with Crippen LogP contribution in [0.3, 0.4) is 0 Å². The molecule has 1 aliphatic rings. The van der Waals surface area contributed by atoms with Gasteiger partial charge in [0, 0.05) is 31.0 Å². The highest BCUT2D eigenvalue weighted by Gasteiger charge is 2.25. The van der Waals surface area contributed by atoms with E-state index in [9.17, 15) is 14.0 Å². The Morgan fingerprint density at radius 3 is 2.39 bits per heavy atom. The number of benzene rings is 3. The summed E-state index contributed by atoms with van der Waals surface area (Å²) in [5, 5.41) is 5.97. The summed E-state index contributed by atoms with van der Waals surface area (Å²) in [7, 11) is 4.13. The molecule has 1 fully saturated rings. The first-order valence-electron chi connectivity index (χ1n) is 11.4. The van der Waals surface area contributed by atoms with Gasteiger partial charge >= 0.3 is 6.03 Å². The van der Waals surface area contributed by atoms with E-state index in [2.05, 4.69) is 40.3 Å². The van der Waals surface area contributed by atoms with Crippen molar-refractivity contribution in [3.8, 4) is 0 Å². The van der Waals surface area contributed by atoms with Gasteiger partial charge < -0.3 is 20.4 Å². The monoisotopic (exact) mass is 527 g/mol. The number of nitrogens with one attached hydrogen (secondary N) is 2. The van der Waals surface area contributed by atoms with E-state index < -0.39 is 17.8 Å². The topological polar surface area (TPSA) is 67.9 Å². The second kappa shape index (κ2) is 11.2. The second-order valence-corrected chi connectivity index (χ2v) is 9.51. The molecular weight excluding hydrogens is 501 g/mol. The fraction of sp³-hybridized carbons (Fsp3) is 0.231. The highest BCUT2D eigenvalue weighted by molar-refractivity contribution is 7.82. The molecule has 36 heavy (non-hydrogen) atoms. The number of carbonyl (C=O) groups excluding carboxylic acids is 2. The van der Waals surface area contributed by atoms with Crippen LogP contribution >= 0.6 is 24.4 Å². The van der Waals surface area contributed by atoms with Gasteiger partial charge in [0.1, 0.15) is 5.82 Å². The number of carbonyl (C=O) groups is 2. The Bertz CT molecular complexity index is 1260. The Hall–Kier alpha value is -3.27. The van der Waals surface area contributed by atoms with Crippen molar-refractivity contribution >= 4 is 59.1 Å². The van der Waals surface area contributed by atoms with Crippen molar-refractivity contribution in [2.45, 2.75) is 12.5 Å². The molecule has 2 N–H and O–H groups in total. The van der Waals surface area contributed by atoms with Crippen molar-refractivity contribution in [3.05, 3.63) is 83.1 Å². The standard InChI is InChI=1S/C26H27ClFN5O2S/c1-31-14-13-20(16-31)32(2)24-12-9-18(15-22(24)27)30-26(35)33(36)19-10-7-17(8-11-19)29-25(34)21-5-3-4-6-23(21)28/h3-12,15,20,36H,13-14,16H2,1-2H3,(H,29,34)(H,30,35). The number of thiol groups is 1. The number of hydrogen-bond donors (Lipinski definition) is 3. The van der Waals surface area contributed by atoms with Gasteiger partial charge in [0.15, 0.2) is 0 Å². The first-order chi connectivity index (χ1) is 17.2. The van der Waals surface area contributed by atoms with Gasteiger partial charge in [-0.15, -0.1) is 0 Å². The minimum Gasteiger partial charge on any atom is -0.369 e. The van der Waals surface area contributed by atoms with Crippen molar-refractivity contribution in [2.75, 3.05) is 47.0 Å². The van der Waals surface area contributed by atoms with Gasteiger partial charge in [0.05, 0.1) is 22.0 Å². The number of halogens is 2. The normalized spacial score (nSPS) is 15.4. The summed E-state index contributed by atoms with van der Waals surface area (Å²) >= 11 is 10.8. The van der Waals surface area contributed by atoms with E-state index in [-0.39, 0.29) is 5.56 Å². The number of likely N-dealkylation sites (N-methyl/N-ethyl adjacent to an activating group) is 2. The Morgan fingerprint density at radius 1 is 1.06 bits per heavy atom. The first-order valence-corrected chi connectivity index (χ1v) is 12.2. The van der Waals surface area contributed by atoms with Crippen LogP contribution in [0, 0.1) is 5.82 Å². The summed E-state index contributed by atoms with van der Waals surface area (Å²) in [4.78, 5) is 29.5. The van der Waals surface area contributed by atoms with Gasteiger partial charge in [0.2, 0.25) is 0 Å². The third-order valence-corrected chi connectivity index (χ3v) is 6.89. The quantitative estimate of drug-likeness (QED) is 0.357. The van der Waals surface area contributed by atoms with Crippen molar-refractivity contribution in [1.29, 1.82) is 0 Å². The Kier molecular flexibility index (Phi) is 8.03. The summed E-state index contributed by atoms with van der Waals surface area (Å²) < 4.78 is 15.0. The number of nitrogens with zero attached hydrogens (tertiary/aromatic N) is 3. The van der Waals surface area contributed by atoms with Crippen molar-refractivity contribution < 1.29 is 14.0 Å². The van der Waals surface area contributed by atoms with E-state index >= 15 is 0 Å². The Morgan fingerprint density at radius 2 is 1.75 bits per heavy atom. The van der Waals surface area contributed by atoms with Crippen LogP contribution in [0.2, 0.25) is 5.02 Å². The molecular formula is C26H27ClFN5O2S. The van der Waals surface area contributed by atoms with Crippen molar-refractivity contribution in [2.24, 2.45) is 0 Å². The minimum atomic E-state index is -0.601. The number of urea groups is 1. The van der Waals surface area contributed by atoms with Gasteiger partial charge in [-0.2, -0.15) is 0 Å². The largest absolute Gasteiger partial charge is 0.369 e. The molecule has 4 rings (SSSR count). The van der Waals surface area contributed by atoms with E-state index in [4.69, 9.17) is 11.6 Å². The number of anilines is 4. The van der Waals surface area contributed by atoms with Gasteiger partial charge in [-0.1, -0.05) is 36.5 Å². The van der Waals surface area contributed by atoms with Crippen LogP contribution in [0.25, 0.3) is 0 Å². The van der Waals surface area contributed by atoms with Crippen LogP contribution in [-0.4, -0.2) is 50.1 Å².